The first-order valence-corrected chi connectivity index (χ1v) is 9.72. The van der Waals surface area contributed by atoms with Crippen LogP contribution in [0.25, 0.3) is 0 Å². The average molecular weight is 318 g/mol. The Morgan fingerprint density at radius 3 is 2.43 bits per heavy atom. The molecular weight excluding hydrogens is 288 g/mol. The Bertz CT molecular complexity index is 478. The van der Waals surface area contributed by atoms with E-state index in [4.69, 9.17) is 0 Å². The lowest BCUT2D eigenvalue weighted by Gasteiger charge is -2.40. The summed E-state index contributed by atoms with van der Waals surface area (Å²) in [5, 5.41) is 0. The smallest absolute Gasteiger partial charge is 0.227 e. The van der Waals surface area contributed by atoms with E-state index in [9.17, 15) is 9.59 Å². The predicted octanol–water partition coefficient (Wildman–Crippen LogP) is 2.67. The zero-order valence-corrected chi connectivity index (χ0v) is 14.4. The van der Waals surface area contributed by atoms with Crippen LogP contribution in [0.2, 0.25) is 0 Å². The van der Waals surface area contributed by atoms with Gasteiger partial charge in [0.2, 0.25) is 11.8 Å². The van der Waals surface area contributed by atoms with Crippen molar-refractivity contribution in [2.75, 3.05) is 19.6 Å². The van der Waals surface area contributed by atoms with E-state index in [1.165, 1.54) is 32.1 Å². The number of hydrogen-bond acceptors (Lipinski definition) is 2. The molecule has 2 aliphatic carbocycles. The van der Waals surface area contributed by atoms with E-state index in [1.807, 2.05) is 4.90 Å². The molecule has 3 unspecified atom stereocenters. The van der Waals surface area contributed by atoms with Crippen molar-refractivity contribution >= 4 is 11.8 Å². The molecule has 4 nitrogen and oxygen atoms in total. The maximum absolute atomic E-state index is 13.2. The topological polar surface area (TPSA) is 40.6 Å². The van der Waals surface area contributed by atoms with Crippen LogP contribution in [0.5, 0.6) is 0 Å². The van der Waals surface area contributed by atoms with Crippen LogP contribution in [0.3, 0.4) is 0 Å². The molecule has 5 atom stereocenters. The summed E-state index contributed by atoms with van der Waals surface area (Å²) in [7, 11) is 0. The summed E-state index contributed by atoms with van der Waals surface area (Å²) in [4.78, 5) is 29.4. The number of carbonyl (C=O) groups excluding carboxylic acids is 2. The fraction of sp³-hybridized carbons (Fsp3) is 0.895. The summed E-state index contributed by atoms with van der Waals surface area (Å²) in [6.07, 6.45) is 8.89. The fourth-order valence-electron chi connectivity index (χ4n) is 5.89. The molecule has 0 N–H and O–H groups in total. The molecule has 4 heteroatoms. The molecule has 3 aliphatic heterocycles. The highest BCUT2D eigenvalue weighted by molar-refractivity contribution is 5.84. The van der Waals surface area contributed by atoms with Crippen LogP contribution in [-0.2, 0) is 9.59 Å². The third-order valence-corrected chi connectivity index (χ3v) is 6.73. The maximum atomic E-state index is 13.2. The molecule has 2 amide bonds. The van der Waals surface area contributed by atoms with Gasteiger partial charge < -0.3 is 9.80 Å². The second-order valence-corrected chi connectivity index (χ2v) is 8.50. The van der Waals surface area contributed by atoms with Crippen molar-refractivity contribution in [3.63, 3.8) is 0 Å². The summed E-state index contributed by atoms with van der Waals surface area (Å²) in [6.45, 7) is 4.56. The lowest BCUT2D eigenvalue weighted by Crippen LogP contribution is -2.50. The summed E-state index contributed by atoms with van der Waals surface area (Å²) >= 11 is 0. The van der Waals surface area contributed by atoms with Crippen LogP contribution in [0.1, 0.15) is 58.3 Å². The normalized spacial score (nSPS) is 39.7. The van der Waals surface area contributed by atoms with Crippen LogP contribution in [-0.4, -0.2) is 47.3 Å². The van der Waals surface area contributed by atoms with Gasteiger partial charge in [-0.3, -0.25) is 9.59 Å². The average Bonchev–Trinajstić information content (AvgIpc) is 2.73. The van der Waals surface area contributed by atoms with Crippen molar-refractivity contribution in [1.82, 2.24) is 9.80 Å². The summed E-state index contributed by atoms with van der Waals surface area (Å²) < 4.78 is 0. The van der Waals surface area contributed by atoms with Gasteiger partial charge in [-0.25, -0.2) is 0 Å². The molecular formula is C19H30N2O2. The molecule has 0 spiro atoms. The zero-order valence-electron chi connectivity index (χ0n) is 14.4. The molecule has 23 heavy (non-hydrogen) atoms. The van der Waals surface area contributed by atoms with Gasteiger partial charge in [0.15, 0.2) is 0 Å². The van der Waals surface area contributed by atoms with Gasteiger partial charge in [-0.2, -0.15) is 0 Å². The molecule has 3 heterocycles. The van der Waals surface area contributed by atoms with Crippen LogP contribution < -0.4 is 0 Å². The first-order chi connectivity index (χ1) is 11.1. The molecule has 0 aromatic carbocycles. The van der Waals surface area contributed by atoms with Crippen LogP contribution >= 0.6 is 0 Å². The molecule has 128 valence electrons. The molecule has 5 fully saturated rings. The second kappa shape index (κ2) is 6.10. The van der Waals surface area contributed by atoms with Crippen molar-refractivity contribution in [3.05, 3.63) is 0 Å². The molecule has 4 bridgehead atoms. The minimum Gasteiger partial charge on any atom is -0.342 e. The third-order valence-electron chi connectivity index (χ3n) is 6.73. The van der Waals surface area contributed by atoms with E-state index in [2.05, 4.69) is 11.8 Å². The number of carbonyl (C=O) groups is 2. The molecule has 0 aromatic rings. The van der Waals surface area contributed by atoms with E-state index >= 15 is 0 Å². The molecule has 0 aromatic heterocycles. The zero-order chi connectivity index (χ0) is 16.0. The van der Waals surface area contributed by atoms with Gasteiger partial charge in [0, 0.05) is 32.1 Å². The number of likely N-dealkylation sites (tertiary alicyclic amines) is 1. The molecule has 5 aliphatic rings. The SMILES string of the molecule is CCCN1CC(C(=O)N2CC3C[C@@H]4CC2C[C@H](C3)C4)CCC1=O. The van der Waals surface area contributed by atoms with Crippen LogP contribution in [0.4, 0.5) is 0 Å². The minimum absolute atomic E-state index is 0.0509. The van der Waals surface area contributed by atoms with Crippen molar-refractivity contribution in [3.8, 4) is 0 Å². The van der Waals surface area contributed by atoms with Crippen LogP contribution in [0, 0.1) is 23.7 Å². The predicted molar refractivity (Wildman–Crippen MR) is 88.7 cm³/mol. The lowest BCUT2D eigenvalue weighted by atomic mass is 9.68. The monoisotopic (exact) mass is 318 g/mol. The number of nitrogens with zero attached hydrogens (tertiary/aromatic N) is 2. The largest absolute Gasteiger partial charge is 0.342 e. The molecule has 3 saturated heterocycles. The first-order valence-electron chi connectivity index (χ1n) is 9.72. The Labute approximate surface area is 139 Å². The fourth-order valence-corrected chi connectivity index (χ4v) is 5.89. The minimum atomic E-state index is 0.0509. The van der Waals surface area contributed by atoms with Gasteiger partial charge in [0.25, 0.3) is 0 Å². The summed E-state index contributed by atoms with van der Waals surface area (Å²) in [5.41, 5.74) is 0. The van der Waals surface area contributed by atoms with E-state index in [1.54, 1.807) is 0 Å². The van der Waals surface area contributed by atoms with Gasteiger partial charge in [-0.15, -0.1) is 0 Å². The Kier molecular flexibility index (Phi) is 4.10. The van der Waals surface area contributed by atoms with Crippen LogP contribution in [0.15, 0.2) is 0 Å². The van der Waals surface area contributed by atoms with Gasteiger partial charge in [0.05, 0.1) is 5.92 Å². The molecule has 0 radical (unpaired) electrons. The number of hydrogen-bond donors (Lipinski definition) is 0. The van der Waals surface area contributed by atoms with Crippen molar-refractivity contribution in [2.45, 2.75) is 64.3 Å². The van der Waals surface area contributed by atoms with E-state index in [0.29, 0.717) is 24.9 Å². The van der Waals surface area contributed by atoms with Crippen molar-refractivity contribution in [1.29, 1.82) is 0 Å². The first kappa shape index (κ1) is 15.5. The highest BCUT2D eigenvalue weighted by atomic mass is 16.2. The Morgan fingerprint density at radius 2 is 1.74 bits per heavy atom. The van der Waals surface area contributed by atoms with Gasteiger partial charge in [0.1, 0.15) is 0 Å². The van der Waals surface area contributed by atoms with Crippen molar-refractivity contribution in [2.24, 2.45) is 23.7 Å². The van der Waals surface area contributed by atoms with Gasteiger partial charge >= 0.3 is 0 Å². The van der Waals surface area contributed by atoms with Crippen molar-refractivity contribution < 1.29 is 9.59 Å². The number of piperidine rings is 1. The standard InChI is InChI=1S/C19H30N2O2/c1-2-5-20-12-16(3-4-18(20)22)19(23)21-11-15-7-13-6-14(8-15)10-17(21)9-13/h13-17H,2-12H2,1H3/t13-,14+,15?,16?,17?. The summed E-state index contributed by atoms with van der Waals surface area (Å²) in [5.74, 6) is 3.14. The van der Waals surface area contributed by atoms with Gasteiger partial charge in [-0.1, -0.05) is 6.92 Å². The lowest BCUT2D eigenvalue weighted by molar-refractivity contribution is -0.145. The number of amides is 2. The summed E-state index contributed by atoms with van der Waals surface area (Å²) in [6, 6.07) is 0.496. The number of fused-ring (bicyclic) bond motifs is 1. The molecule has 2 saturated carbocycles. The highest BCUT2D eigenvalue weighted by Gasteiger charge is 2.45. The Balaban J connectivity index is 1.47. The second-order valence-electron chi connectivity index (χ2n) is 8.50. The quantitative estimate of drug-likeness (QED) is 0.803. The third kappa shape index (κ3) is 2.89. The Morgan fingerprint density at radius 1 is 1.04 bits per heavy atom. The van der Waals surface area contributed by atoms with Gasteiger partial charge in [-0.05, 0) is 62.7 Å². The Hall–Kier alpha value is -1.06. The highest BCUT2D eigenvalue weighted by Crippen LogP contribution is 2.47. The van der Waals surface area contributed by atoms with E-state index < -0.39 is 0 Å². The maximum Gasteiger partial charge on any atom is 0.227 e. The molecule has 5 rings (SSSR count). The number of rotatable bonds is 3. The van der Waals surface area contributed by atoms with E-state index in [0.717, 1.165) is 43.7 Å². The van der Waals surface area contributed by atoms with E-state index in [-0.39, 0.29) is 11.8 Å².